The number of fused-ring (bicyclic) bond motifs is 1. The summed E-state index contributed by atoms with van der Waals surface area (Å²) in [5.74, 6) is -0.706. The van der Waals surface area contributed by atoms with Gasteiger partial charge in [-0.15, -0.1) is 0 Å². The molecule has 0 bridgehead atoms. The van der Waals surface area contributed by atoms with Crippen LogP contribution in [0.25, 0.3) is 11.0 Å². The number of benzene rings is 2. The number of nitrogens with one attached hydrogen (secondary N) is 2. The number of rotatable bonds is 7. The predicted octanol–water partition coefficient (Wildman–Crippen LogP) is 4.08. The van der Waals surface area contributed by atoms with Crippen LogP contribution in [0, 0.1) is 16.7 Å². The Morgan fingerprint density at radius 1 is 1.14 bits per heavy atom. The van der Waals surface area contributed by atoms with Gasteiger partial charge >= 0.3 is 5.76 Å². The number of nitriles is 1. The van der Waals surface area contributed by atoms with E-state index in [2.05, 4.69) is 38.7 Å². The lowest BCUT2D eigenvalue weighted by Gasteiger charge is -2.39. The van der Waals surface area contributed by atoms with Gasteiger partial charge in [-0.3, -0.25) is 9.69 Å². The number of amides is 1. The Kier molecular flexibility index (Phi) is 7.41. The second-order valence-corrected chi connectivity index (χ2v) is 10.7. The van der Waals surface area contributed by atoms with E-state index in [1.807, 2.05) is 45.0 Å². The number of anilines is 1. The SMILES string of the molecule is CC(C)(C)CC(Nc1nc(=O)oc2ccccc12)C(=O)NC1(C#N)CCN(Cc2ccccc2)CC1. The molecule has 1 aliphatic rings. The number of piperidine rings is 1. The van der Waals surface area contributed by atoms with Gasteiger partial charge in [0.25, 0.3) is 0 Å². The van der Waals surface area contributed by atoms with E-state index in [0.29, 0.717) is 49.1 Å². The zero-order valence-corrected chi connectivity index (χ0v) is 21.1. The molecular formula is C28H33N5O3. The predicted molar refractivity (Wildman–Crippen MR) is 139 cm³/mol. The molecule has 36 heavy (non-hydrogen) atoms. The van der Waals surface area contributed by atoms with E-state index < -0.39 is 17.3 Å². The Labute approximate surface area is 211 Å². The van der Waals surface area contributed by atoms with Gasteiger partial charge in [-0.25, -0.2) is 4.79 Å². The number of hydrogen-bond acceptors (Lipinski definition) is 7. The Morgan fingerprint density at radius 2 is 1.81 bits per heavy atom. The fourth-order valence-electron chi connectivity index (χ4n) is 4.64. The molecule has 2 N–H and O–H groups in total. The third-order valence-corrected chi connectivity index (χ3v) is 6.52. The summed E-state index contributed by atoms with van der Waals surface area (Å²) in [4.78, 5) is 31.9. The molecule has 1 aromatic heterocycles. The molecule has 2 heterocycles. The van der Waals surface area contributed by atoms with E-state index in [-0.39, 0.29) is 11.3 Å². The summed E-state index contributed by atoms with van der Waals surface area (Å²) in [6.45, 7) is 8.38. The summed E-state index contributed by atoms with van der Waals surface area (Å²) in [5.41, 5.74) is 0.498. The zero-order chi connectivity index (χ0) is 25.8. The van der Waals surface area contributed by atoms with Gasteiger partial charge in [-0.05, 0) is 42.4 Å². The molecule has 1 fully saturated rings. The largest absolute Gasteiger partial charge is 0.441 e. The van der Waals surface area contributed by atoms with Crippen LogP contribution in [-0.2, 0) is 11.3 Å². The van der Waals surface area contributed by atoms with E-state index in [0.717, 1.165) is 6.54 Å². The molecule has 8 nitrogen and oxygen atoms in total. The average Bonchev–Trinajstić information content (AvgIpc) is 2.84. The summed E-state index contributed by atoms with van der Waals surface area (Å²) in [6, 6.07) is 19.0. The van der Waals surface area contributed by atoms with Crippen molar-refractivity contribution in [3.05, 3.63) is 70.7 Å². The first-order chi connectivity index (χ1) is 17.2. The summed E-state index contributed by atoms with van der Waals surface area (Å²) >= 11 is 0. The van der Waals surface area contributed by atoms with E-state index in [4.69, 9.17) is 4.42 Å². The van der Waals surface area contributed by atoms with Gasteiger partial charge in [0.05, 0.1) is 11.5 Å². The fourth-order valence-corrected chi connectivity index (χ4v) is 4.64. The molecule has 1 aliphatic heterocycles. The van der Waals surface area contributed by atoms with E-state index in [1.54, 1.807) is 18.2 Å². The number of carbonyl (C=O) groups is 1. The number of carbonyl (C=O) groups excluding carboxylic acids is 1. The summed E-state index contributed by atoms with van der Waals surface area (Å²) in [7, 11) is 0. The fraction of sp³-hybridized carbons (Fsp3) is 0.429. The van der Waals surface area contributed by atoms with Gasteiger partial charge in [-0.1, -0.05) is 63.2 Å². The number of likely N-dealkylation sites (tertiary alicyclic amines) is 1. The highest BCUT2D eigenvalue weighted by Gasteiger charge is 2.38. The topological polar surface area (TPSA) is 111 Å². The highest BCUT2D eigenvalue weighted by molar-refractivity contribution is 5.91. The molecule has 3 aromatic rings. The Bertz CT molecular complexity index is 1300. The van der Waals surface area contributed by atoms with Crippen LogP contribution >= 0.6 is 0 Å². The first-order valence-electron chi connectivity index (χ1n) is 12.3. The van der Waals surface area contributed by atoms with Crippen molar-refractivity contribution in [1.29, 1.82) is 5.26 Å². The lowest BCUT2D eigenvalue weighted by atomic mass is 9.85. The van der Waals surface area contributed by atoms with Crippen molar-refractivity contribution in [3.8, 4) is 6.07 Å². The van der Waals surface area contributed by atoms with Crippen LogP contribution in [0.5, 0.6) is 0 Å². The van der Waals surface area contributed by atoms with Gasteiger partial charge in [-0.2, -0.15) is 10.2 Å². The molecule has 2 aromatic carbocycles. The van der Waals surface area contributed by atoms with Gasteiger partial charge in [0, 0.05) is 19.6 Å². The lowest BCUT2D eigenvalue weighted by Crippen LogP contribution is -2.57. The highest BCUT2D eigenvalue weighted by atomic mass is 16.4. The van der Waals surface area contributed by atoms with Crippen molar-refractivity contribution in [2.45, 2.75) is 58.2 Å². The highest BCUT2D eigenvalue weighted by Crippen LogP contribution is 2.28. The average molecular weight is 488 g/mol. The summed E-state index contributed by atoms with van der Waals surface area (Å²) in [5, 5.41) is 16.9. The minimum absolute atomic E-state index is 0.191. The molecule has 1 unspecified atom stereocenters. The van der Waals surface area contributed by atoms with Crippen LogP contribution in [0.15, 0.2) is 63.8 Å². The smallest absolute Gasteiger partial charge is 0.408 e. The second-order valence-electron chi connectivity index (χ2n) is 10.7. The second kappa shape index (κ2) is 10.5. The molecule has 1 atom stereocenters. The minimum atomic E-state index is -0.937. The van der Waals surface area contributed by atoms with Crippen LogP contribution < -0.4 is 16.4 Å². The molecular weight excluding hydrogens is 454 g/mol. The lowest BCUT2D eigenvalue weighted by molar-refractivity contribution is -0.124. The van der Waals surface area contributed by atoms with Crippen molar-refractivity contribution in [3.63, 3.8) is 0 Å². The van der Waals surface area contributed by atoms with Crippen molar-refractivity contribution in [2.24, 2.45) is 5.41 Å². The van der Waals surface area contributed by atoms with Crippen LogP contribution in [0.3, 0.4) is 0 Å². The number of aromatic nitrogens is 1. The third-order valence-electron chi connectivity index (χ3n) is 6.52. The number of para-hydroxylation sites is 1. The maximum atomic E-state index is 13.6. The van der Waals surface area contributed by atoms with Crippen molar-refractivity contribution in [1.82, 2.24) is 15.2 Å². The van der Waals surface area contributed by atoms with Gasteiger partial charge in [0.1, 0.15) is 23.0 Å². The van der Waals surface area contributed by atoms with E-state index in [9.17, 15) is 14.9 Å². The zero-order valence-electron chi connectivity index (χ0n) is 21.1. The molecule has 188 valence electrons. The van der Waals surface area contributed by atoms with Gasteiger partial charge in [0.15, 0.2) is 0 Å². The van der Waals surface area contributed by atoms with Crippen LogP contribution in [-0.4, -0.2) is 40.5 Å². The quantitative estimate of drug-likeness (QED) is 0.516. The summed E-state index contributed by atoms with van der Waals surface area (Å²) in [6.07, 6.45) is 1.57. The van der Waals surface area contributed by atoms with E-state index >= 15 is 0 Å². The maximum absolute atomic E-state index is 13.6. The molecule has 0 spiro atoms. The molecule has 0 radical (unpaired) electrons. The molecule has 8 heteroatoms. The van der Waals surface area contributed by atoms with Gasteiger partial charge < -0.3 is 15.1 Å². The maximum Gasteiger partial charge on any atom is 0.441 e. The monoisotopic (exact) mass is 487 g/mol. The molecule has 0 saturated carbocycles. The standard InChI is InChI=1S/C28H33N5O3/c1-27(2,3)17-22(30-24-21-11-7-8-12-23(21)36-26(35)31-24)25(34)32-28(19-29)13-15-33(16-14-28)18-20-9-5-4-6-10-20/h4-12,22H,13-18H2,1-3H3,(H,32,34)(H,30,31,35). The van der Waals surface area contributed by atoms with Crippen molar-refractivity contribution < 1.29 is 9.21 Å². The van der Waals surface area contributed by atoms with Crippen molar-refractivity contribution >= 4 is 22.7 Å². The Morgan fingerprint density at radius 3 is 2.47 bits per heavy atom. The molecule has 0 aliphatic carbocycles. The van der Waals surface area contributed by atoms with Crippen LogP contribution in [0.4, 0.5) is 5.82 Å². The number of nitrogens with zero attached hydrogens (tertiary/aromatic N) is 3. The van der Waals surface area contributed by atoms with Gasteiger partial charge in [0.2, 0.25) is 5.91 Å². The Hall–Kier alpha value is -3.70. The number of hydrogen-bond donors (Lipinski definition) is 2. The molecule has 1 saturated heterocycles. The summed E-state index contributed by atoms with van der Waals surface area (Å²) < 4.78 is 5.20. The normalized spacial score (nSPS) is 16.7. The van der Waals surface area contributed by atoms with Crippen molar-refractivity contribution in [2.75, 3.05) is 18.4 Å². The van der Waals surface area contributed by atoms with Crippen LogP contribution in [0.1, 0.15) is 45.6 Å². The molecule has 1 amide bonds. The minimum Gasteiger partial charge on any atom is -0.408 e. The first-order valence-corrected chi connectivity index (χ1v) is 12.3. The Balaban J connectivity index is 1.50. The van der Waals surface area contributed by atoms with E-state index in [1.165, 1.54) is 5.56 Å². The third kappa shape index (κ3) is 6.29. The van der Waals surface area contributed by atoms with Crippen LogP contribution in [0.2, 0.25) is 0 Å². The molecule has 4 rings (SSSR count). The first kappa shape index (κ1) is 25.4.